The summed E-state index contributed by atoms with van der Waals surface area (Å²) in [6, 6.07) is 23.3. The Bertz CT molecular complexity index is 932. The zero-order valence-electron chi connectivity index (χ0n) is 13.8. The number of carbonyl (C=O) groups is 1. The van der Waals surface area contributed by atoms with Crippen LogP contribution in [0.4, 0.5) is 10.1 Å². The number of hydrogen-bond acceptors (Lipinski definition) is 3. The molecule has 4 rings (SSSR count). The summed E-state index contributed by atoms with van der Waals surface area (Å²) in [5.74, 6) is 1.18. The highest BCUT2D eigenvalue weighted by Crippen LogP contribution is 2.46. The van der Waals surface area contributed by atoms with Crippen LogP contribution in [0.1, 0.15) is 10.9 Å². The molecule has 0 N–H and O–H groups in total. The summed E-state index contributed by atoms with van der Waals surface area (Å²) in [6.45, 7) is 0. The van der Waals surface area contributed by atoms with Gasteiger partial charge in [0.25, 0.3) is 0 Å². The van der Waals surface area contributed by atoms with Crippen molar-refractivity contribution < 1.29 is 13.9 Å². The molecular weight excluding hydrogens is 349 g/mol. The molecule has 1 heterocycles. The Morgan fingerprint density at radius 3 is 2.42 bits per heavy atom. The zero-order chi connectivity index (χ0) is 17.9. The number of anilines is 1. The largest absolute Gasteiger partial charge is 0.455 e. The zero-order valence-corrected chi connectivity index (χ0v) is 14.7. The van der Waals surface area contributed by atoms with Gasteiger partial charge in [-0.25, -0.2) is 4.39 Å². The predicted octanol–water partition coefficient (Wildman–Crippen LogP) is 5.40. The topological polar surface area (TPSA) is 29.5 Å². The van der Waals surface area contributed by atoms with Crippen LogP contribution in [0.5, 0.6) is 11.5 Å². The van der Waals surface area contributed by atoms with E-state index in [0.29, 0.717) is 28.5 Å². The molecule has 0 spiro atoms. The van der Waals surface area contributed by atoms with Crippen molar-refractivity contribution in [1.29, 1.82) is 0 Å². The quantitative estimate of drug-likeness (QED) is 0.620. The number of para-hydroxylation sites is 3. The summed E-state index contributed by atoms with van der Waals surface area (Å²) in [7, 11) is 0. The van der Waals surface area contributed by atoms with Crippen molar-refractivity contribution in [2.75, 3.05) is 10.7 Å². The van der Waals surface area contributed by atoms with E-state index in [2.05, 4.69) is 0 Å². The van der Waals surface area contributed by atoms with Crippen molar-refractivity contribution in [3.05, 3.63) is 90.2 Å². The number of carbonyl (C=O) groups excluding carboxylic acids is 1. The van der Waals surface area contributed by atoms with E-state index < -0.39 is 5.37 Å². The van der Waals surface area contributed by atoms with Crippen molar-refractivity contribution in [1.82, 2.24) is 0 Å². The highest BCUT2D eigenvalue weighted by molar-refractivity contribution is 8.00. The molecule has 0 bridgehead atoms. The van der Waals surface area contributed by atoms with Crippen LogP contribution in [0.2, 0.25) is 0 Å². The molecule has 3 nitrogen and oxygen atoms in total. The Morgan fingerprint density at radius 1 is 0.923 bits per heavy atom. The summed E-state index contributed by atoms with van der Waals surface area (Å²) >= 11 is 1.42. The van der Waals surface area contributed by atoms with Gasteiger partial charge < -0.3 is 4.74 Å². The first-order valence-corrected chi connectivity index (χ1v) is 9.29. The van der Waals surface area contributed by atoms with Crippen molar-refractivity contribution in [3.63, 3.8) is 0 Å². The van der Waals surface area contributed by atoms with E-state index in [9.17, 15) is 9.18 Å². The first-order valence-electron chi connectivity index (χ1n) is 8.24. The molecule has 1 amide bonds. The maximum Gasteiger partial charge on any atom is 0.238 e. The molecule has 0 unspecified atom stereocenters. The minimum absolute atomic E-state index is 0.0626. The Labute approximate surface area is 155 Å². The number of benzene rings is 3. The van der Waals surface area contributed by atoms with Gasteiger partial charge in [-0.1, -0.05) is 48.5 Å². The molecule has 1 aliphatic rings. The van der Waals surface area contributed by atoms with Crippen LogP contribution in [-0.2, 0) is 4.79 Å². The van der Waals surface area contributed by atoms with E-state index in [1.807, 2.05) is 54.6 Å². The number of amides is 1. The summed E-state index contributed by atoms with van der Waals surface area (Å²) in [5, 5.41) is -0.413. The second-order valence-corrected chi connectivity index (χ2v) is 6.90. The fraction of sp³-hybridized carbons (Fsp3) is 0.0952. The van der Waals surface area contributed by atoms with Gasteiger partial charge in [0, 0.05) is 5.56 Å². The first kappa shape index (κ1) is 16.7. The Morgan fingerprint density at radius 2 is 1.62 bits per heavy atom. The van der Waals surface area contributed by atoms with Crippen LogP contribution < -0.4 is 9.64 Å². The van der Waals surface area contributed by atoms with E-state index >= 15 is 0 Å². The summed E-state index contributed by atoms with van der Waals surface area (Å²) in [6.07, 6.45) is 0. The molecule has 26 heavy (non-hydrogen) atoms. The number of rotatable bonds is 4. The third-order valence-electron chi connectivity index (χ3n) is 4.13. The standard InChI is InChI=1S/C21H16FNO2S/c22-17-11-5-4-10-16(17)21-23(20(24)14-26-21)18-12-6-7-13-19(18)25-15-8-2-1-3-9-15/h1-13,21H,14H2/t21-/m0/s1. The average Bonchev–Trinajstić information content (AvgIpc) is 3.05. The van der Waals surface area contributed by atoms with Crippen molar-refractivity contribution >= 4 is 23.4 Å². The monoisotopic (exact) mass is 365 g/mol. The molecule has 1 saturated heterocycles. The van der Waals surface area contributed by atoms with E-state index in [-0.39, 0.29) is 11.7 Å². The van der Waals surface area contributed by atoms with Crippen LogP contribution in [0, 0.1) is 5.82 Å². The molecule has 1 aliphatic heterocycles. The Kier molecular flexibility index (Phi) is 4.63. The fourth-order valence-corrected chi connectivity index (χ4v) is 4.14. The third-order valence-corrected chi connectivity index (χ3v) is 5.33. The number of halogens is 1. The lowest BCUT2D eigenvalue weighted by Crippen LogP contribution is -2.28. The lowest BCUT2D eigenvalue weighted by molar-refractivity contribution is -0.115. The van der Waals surface area contributed by atoms with Crippen LogP contribution in [-0.4, -0.2) is 11.7 Å². The normalized spacial score (nSPS) is 16.7. The molecule has 0 aromatic heterocycles. The van der Waals surface area contributed by atoms with Crippen LogP contribution >= 0.6 is 11.8 Å². The summed E-state index contributed by atoms with van der Waals surface area (Å²) in [4.78, 5) is 14.2. The smallest absolute Gasteiger partial charge is 0.238 e. The molecule has 0 saturated carbocycles. The van der Waals surface area contributed by atoms with Crippen LogP contribution in [0.3, 0.4) is 0 Å². The van der Waals surface area contributed by atoms with Gasteiger partial charge in [-0.15, -0.1) is 11.8 Å². The Balaban J connectivity index is 1.74. The molecule has 5 heteroatoms. The summed E-state index contributed by atoms with van der Waals surface area (Å²) < 4.78 is 20.3. The second-order valence-electron chi connectivity index (χ2n) is 5.83. The maximum absolute atomic E-state index is 14.3. The molecule has 1 fully saturated rings. The van der Waals surface area contributed by atoms with E-state index in [1.54, 1.807) is 23.1 Å². The van der Waals surface area contributed by atoms with E-state index in [1.165, 1.54) is 17.8 Å². The second kappa shape index (κ2) is 7.22. The van der Waals surface area contributed by atoms with Crippen molar-refractivity contribution in [3.8, 4) is 11.5 Å². The third kappa shape index (κ3) is 3.18. The van der Waals surface area contributed by atoms with Gasteiger partial charge in [-0.3, -0.25) is 9.69 Å². The molecule has 0 radical (unpaired) electrons. The predicted molar refractivity (Wildman–Crippen MR) is 102 cm³/mol. The lowest BCUT2D eigenvalue weighted by atomic mass is 10.1. The molecular formula is C21H16FNO2S. The van der Waals surface area contributed by atoms with E-state index in [0.717, 1.165) is 0 Å². The number of ether oxygens (including phenoxy) is 1. The van der Waals surface area contributed by atoms with Crippen LogP contribution in [0.15, 0.2) is 78.9 Å². The Hall–Kier alpha value is -2.79. The fourth-order valence-electron chi connectivity index (χ4n) is 2.95. The number of hydrogen-bond donors (Lipinski definition) is 0. The van der Waals surface area contributed by atoms with Gasteiger partial charge in [0.05, 0.1) is 11.4 Å². The van der Waals surface area contributed by atoms with Crippen molar-refractivity contribution in [2.24, 2.45) is 0 Å². The number of thioether (sulfide) groups is 1. The molecule has 130 valence electrons. The number of nitrogens with zero attached hydrogens (tertiary/aromatic N) is 1. The molecule has 0 aliphatic carbocycles. The first-order chi connectivity index (χ1) is 12.7. The minimum Gasteiger partial charge on any atom is -0.455 e. The average molecular weight is 365 g/mol. The van der Waals surface area contributed by atoms with Gasteiger partial charge >= 0.3 is 0 Å². The lowest BCUT2D eigenvalue weighted by Gasteiger charge is -2.26. The van der Waals surface area contributed by atoms with Gasteiger partial charge in [-0.2, -0.15) is 0 Å². The van der Waals surface area contributed by atoms with Crippen molar-refractivity contribution in [2.45, 2.75) is 5.37 Å². The molecule has 1 atom stereocenters. The molecule has 3 aromatic carbocycles. The van der Waals surface area contributed by atoms with Gasteiger partial charge in [0.2, 0.25) is 5.91 Å². The van der Waals surface area contributed by atoms with Gasteiger partial charge in [0.15, 0.2) is 5.75 Å². The SMILES string of the molecule is O=C1CS[C@@H](c2ccccc2F)N1c1ccccc1Oc1ccccc1. The highest BCUT2D eigenvalue weighted by Gasteiger charge is 2.36. The van der Waals surface area contributed by atoms with Crippen LogP contribution in [0.25, 0.3) is 0 Å². The maximum atomic E-state index is 14.3. The highest BCUT2D eigenvalue weighted by atomic mass is 32.2. The summed E-state index contributed by atoms with van der Waals surface area (Å²) in [5.41, 5.74) is 1.14. The molecule has 3 aromatic rings. The van der Waals surface area contributed by atoms with Gasteiger partial charge in [0.1, 0.15) is 16.9 Å². The van der Waals surface area contributed by atoms with Gasteiger partial charge in [-0.05, 0) is 30.3 Å². The van der Waals surface area contributed by atoms with E-state index in [4.69, 9.17) is 4.74 Å². The minimum atomic E-state index is -0.413.